The van der Waals surface area contributed by atoms with Gasteiger partial charge in [0.15, 0.2) is 6.29 Å². The summed E-state index contributed by atoms with van der Waals surface area (Å²) in [5.74, 6) is 0.269. The number of fused-ring (bicyclic) bond motifs is 1. The van der Waals surface area contributed by atoms with Gasteiger partial charge in [-0.2, -0.15) is 5.10 Å². The molecule has 3 aromatic rings. The zero-order valence-corrected chi connectivity index (χ0v) is 21.6. The van der Waals surface area contributed by atoms with Crippen molar-refractivity contribution in [2.45, 2.75) is 25.9 Å². The van der Waals surface area contributed by atoms with Gasteiger partial charge in [0.05, 0.1) is 46.8 Å². The van der Waals surface area contributed by atoms with E-state index in [2.05, 4.69) is 20.3 Å². The highest BCUT2D eigenvalue weighted by Crippen LogP contribution is 2.40. The molecule has 1 aliphatic rings. The second-order valence-corrected chi connectivity index (χ2v) is 9.46. The Labute approximate surface area is 214 Å². The van der Waals surface area contributed by atoms with Gasteiger partial charge in [-0.15, -0.1) is 0 Å². The molecule has 0 saturated heterocycles. The lowest BCUT2D eigenvalue weighted by Gasteiger charge is -2.29. The molecule has 0 aliphatic carbocycles. The minimum atomic E-state index is -0.226. The van der Waals surface area contributed by atoms with Crippen LogP contribution in [0.1, 0.15) is 39.0 Å². The fourth-order valence-corrected chi connectivity index (χ4v) is 4.88. The average molecular weight is 513 g/mol. The summed E-state index contributed by atoms with van der Waals surface area (Å²) < 4.78 is 7.33. The summed E-state index contributed by atoms with van der Waals surface area (Å²) in [6.45, 7) is 2.99. The van der Waals surface area contributed by atoms with Gasteiger partial charge in [-0.1, -0.05) is 11.6 Å². The Balaban J connectivity index is 1.55. The fourth-order valence-electron chi connectivity index (χ4n) is 4.59. The highest BCUT2D eigenvalue weighted by atomic mass is 35.5. The van der Waals surface area contributed by atoms with Gasteiger partial charge in [0.1, 0.15) is 0 Å². The zero-order valence-electron chi connectivity index (χ0n) is 20.9. The highest BCUT2D eigenvalue weighted by Gasteiger charge is 2.27. The number of ether oxygens (including phenoxy) is 1. The van der Waals surface area contributed by atoms with Crippen molar-refractivity contribution in [1.29, 1.82) is 0 Å². The van der Waals surface area contributed by atoms with Crippen LogP contribution in [-0.2, 0) is 24.8 Å². The number of benzene rings is 1. The Morgan fingerprint density at radius 3 is 2.81 bits per heavy atom. The van der Waals surface area contributed by atoms with E-state index >= 15 is 0 Å². The predicted octanol–water partition coefficient (Wildman–Crippen LogP) is 2.98. The van der Waals surface area contributed by atoms with Gasteiger partial charge in [0.25, 0.3) is 5.91 Å². The number of nitrogens with zero attached hydrogens (tertiary/aromatic N) is 4. The summed E-state index contributed by atoms with van der Waals surface area (Å²) in [5, 5.41) is 7.95. The second kappa shape index (κ2) is 10.2. The summed E-state index contributed by atoms with van der Waals surface area (Å²) >= 11 is 6.49. The first-order chi connectivity index (χ1) is 17.1. The lowest BCUT2D eigenvalue weighted by molar-refractivity contribution is -0.115. The molecule has 10 nitrogen and oxygen atoms in total. The molecule has 1 aliphatic heterocycles. The number of aromatic nitrogens is 3. The van der Waals surface area contributed by atoms with Crippen molar-refractivity contribution in [3.63, 3.8) is 0 Å². The van der Waals surface area contributed by atoms with Crippen molar-refractivity contribution in [3.8, 4) is 17.0 Å². The Hall–Kier alpha value is -3.63. The molecular formula is C25H29ClN6O4. The largest absolute Gasteiger partial charge is 0.481 e. The topological polar surface area (TPSA) is 113 Å². The number of likely N-dealkylation sites (N-methyl/N-ethyl adjacent to an activating group) is 2. The summed E-state index contributed by atoms with van der Waals surface area (Å²) in [5.41, 5.74) is 4.49. The van der Waals surface area contributed by atoms with Gasteiger partial charge in [0.2, 0.25) is 11.8 Å². The van der Waals surface area contributed by atoms with E-state index in [0.29, 0.717) is 41.5 Å². The molecular weight excluding hydrogens is 484 g/mol. The molecule has 0 unspecified atom stereocenters. The van der Waals surface area contributed by atoms with Crippen LogP contribution in [0.2, 0.25) is 5.02 Å². The lowest BCUT2D eigenvalue weighted by Crippen LogP contribution is -2.42. The molecule has 36 heavy (non-hydrogen) atoms. The van der Waals surface area contributed by atoms with Gasteiger partial charge >= 0.3 is 0 Å². The normalized spacial score (nSPS) is 13.5. The molecule has 4 rings (SSSR count). The number of aromatic amines is 1. The van der Waals surface area contributed by atoms with Crippen molar-refractivity contribution in [3.05, 3.63) is 51.9 Å². The van der Waals surface area contributed by atoms with E-state index in [-0.39, 0.29) is 30.0 Å². The minimum absolute atomic E-state index is 0.0882. The monoisotopic (exact) mass is 512 g/mol. The van der Waals surface area contributed by atoms with Gasteiger partial charge in [-0.3, -0.25) is 19.3 Å². The molecule has 1 atom stereocenters. The first kappa shape index (κ1) is 25.5. The summed E-state index contributed by atoms with van der Waals surface area (Å²) in [6.07, 6.45) is 2.49. The number of aryl methyl sites for hydroxylation is 1. The third kappa shape index (κ3) is 4.74. The summed E-state index contributed by atoms with van der Waals surface area (Å²) in [6, 6.07) is 5.22. The maximum Gasteiger partial charge on any atom is 0.256 e. The smallest absolute Gasteiger partial charge is 0.256 e. The molecule has 2 amide bonds. The number of methoxy groups -OCH3 is 1. The van der Waals surface area contributed by atoms with Crippen molar-refractivity contribution in [1.82, 2.24) is 24.6 Å². The van der Waals surface area contributed by atoms with Crippen molar-refractivity contribution in [2.75, 3.05) is 33.1 Å². The van der Waals surface area contributed by atoms with Crippen LogP contribution in [0.25, 0.3) is 11.1 Å². The number of carbonyl (C=O) groups is 3. The van der Waals surface area contributed by atoms with Crippen LogP contribution in [0, 0.1) is 0 Å². The molecule has 190 valence electrons. The maximum atomic E-state index is 12.9. The van der Waals surface area contributed by atoms with Crippen LogP contribution in [-0.4, -0.2) is 76.5 Å². The molecule has 1 aromatic carbocycles. The Kier molecular flexibility index (Phi) is 7.18. The van der Waals surface area contributed by atoms with E-state index in [1.807, 2.05) is 33.2 Å². The number of amides is 2. The number of nitrogens with one attached hydrogen (secondary N) is 2. The molecule has 0 radical (unpaired) electrons. The summed E-state index contributed by atoms with van der Waals surface area (Å²) in [7, 11) is 7.07. The van der Waals surface area contributed by atoms with Crippen molar-refractivity contribution >= 4 is 35.4 Å². The fraction of sp³-hybridized carbons (Fsp3) is 0.360. The maximum absolute atomic E-state index is 12.9. The SMILES string of the molecule is COc1c(-c2cc(Cl)c3c(c2)CC(=O)N3)c(CN(C)C[C@@H](C)N(C)C(=O)c2cc[nH]c2C=O)nn1C. The van der Waals surface area contributed by atoms with Gasteiger partial charge in [0, 0.05) is 39.4 Å². The third-order valence-corrected chi connectivity index (χ3v) is 6.74. The van der Waals surface area contributed by atoms with Crippen LogP contribution >= 0.6 is 11.6 Å². The van der Waals surface area contributed by atoms with Crippen LogP contribution in [0.5, 0.6) is 5.88 Å². The summed E-state index contributed by atoms with van der Waals surface area (Å²) in [4.78, 5) is 42.5. The Bertz CT molecular complexity index is 1330. The van der Waals surface area contributed by atoms with Gasteiger partial charge < -0.3 is 19.9 Å². The first-order valence-electron chi connectivity index (χ1n) is 11.4. The number of halogens is 1. The molecule has 0 spiro atoms. The number of H-pyrrole nitrogens is 1. The molecule has 2 aromatic heterocycles. The van der Waals surface area contributed by atoms with E-state index < -0.39 is 0 Å². The number of anilines is 1. The van der Waals surface area contributed by atoms with Gasteiger partial charge in [-0.25, -0.2) is 4.68 Å². The standard InChI is InChI=1S/C25H29ClN6O4/c1-14(31(3)24(35)17-6-7-27-20(17)13-33)11-30(2)12-19-22(25(36-5)32(4)29-19)15-8-16-10-21(34)28-23(16)18(26)9-15/h6-9,13-14,27H,10-12H2,1-5H3,(H,28,34)/t14-/m1/s1. The number of hydrogen-bond donors (Lipinski definition) is 2. The van der Waals surface area contributed by atoms with E-state index in [0.717, 1.165) is 22.4 Å². The average Bonchev–Trinajstić information content (AvgIpc) is 3.53. The predicted molar refractivity (Wildman–Crippen MR) is 137 cm³/mol. The highest BCUT2D eigenvalue weighted by molar-refractivity contribution is 6.34. The minimum Gasteiger partial charge on any atom is -0.481 e. The molecule has 0 bridgehead atoms. The second-order valence-electron chi connectivity index (χ2n) is 9.06. The molecule has 3 heterocycles. The van der Waals surface area contributed by atoms with Crippen LogP contribution in [0.4, 0.5) is 5.69 Å². The first-order valence-corrected chi connectivity index (χ1v) is 11.8. The van der Waals surface area contributed by atoms with Crippen LogP contribution in [0.15, 0.2) is 24.4 Å². The van der Waals surface area contributed by atoms with Crippen LogP contribution in [0.3, 0.4) is 0 Å². The number of carbonyl (C=O) groups excluding carboxylic acids is 3. The Morgan fingerprint density at radius 2 is 2.11 bits per heavy atom. The number of aldehydes is 1. The van der Waals surface area contributed by atoms with E-state index in [1.54, 1.807) is 36.0 Å². The zero-order chi connectivity index (χ0) is 26.1. The third-order valence-electron chi connectivity index (χ3n) is 6.44. The number of rotatable bonds is 9. The van der Waals surface area contributed by atoms with Gasteiger partial charge in [-0.05, 0) is 43.3 Å². The molecule has 11 heteroatoms. The van der Waals surface area contributed by atoms with E-state index in [4.69, 9.17) is 16.3 Å². The Morgan fingerprint density at radius 1 is 1.36 bits per heavy atom. The lowest BCUT2D eigenvalue weighted by atomic mass is 10.0. The molecule has 2 N–H and O–H groups in total. The molecule has 0 fully saturated rings. The van der Waals surface area contributed by atoms with E-state index in [1.165, 1.54) is 0 Å². The van der Waals surface area contributed by atoms with E-state index in [9.17, 15) is 14.4 Å². The van der Waals surface area contributed by atoms with Crippen molar-refractivity contribution in [2.24, 2.45) is 7.05 Å². The van der Waals surface area contributed by atoms with Crippen molar-refractivity contribution < 1.29 is 19.1 Å². The quantitative estimate of drug-likeness (QED) is 0.426. The molecule has 0 saturated carbocycles. The number of hydrogen-bond acceptors (Lipinski definition) is 6. The van der Waals surface area contributed by atoms with Crippen LogP contribution < -0.4 is 10.1 Å².